The van der Waals surface area contributed by atoms with Gasteiger partial charge in [0.15, 0.2) is 0 Å². The molecule has 0 aromatic rings. The minimum atomic E-state index is -0.318. The predicted octanol–water partition coefficient (Wildman–Crippen LogP) is 3.60. The maximum atomic E-state index is 8.73. The van der Waals surface area contributed by atoms with Crippen molar-refractivity contribution in [3.05, 3.63) is 0 Å². The molecular formula is C29H66O10. The summed E-state index contributed by atoms with van der Waals surface area (Å²) in [5.41, 5.74) is 0. The van der Waals surface area contributed by atoms with Crippen molar-refractivity contribution in [1.29, 1.82) is 0 Å². The molecule has 0 heterocycles. The molecule has 10 nitrogen and oxygen atoms in total. The van der Waals surface area contributed by atoms with Gasteiger partial charge < -0.3 is 48.8 Å². The molecule has 0 amide bonds. The molecule has 0 aliphatic carbocycles. The van der Waals surface area contributed by atoms with Gasteiger partial charge in [-0.2, -0.15) is 0 Å². The van der Waals surface area contributed by atoms with Crippen LogP contribution < -0.4 is 0 Å². The van der Waals surface area contributed by atoms with E-state index in [4.69, 9.17) is 48.8 Å². The number of aliphatic hydroxyl groups excluding tert-OH is 4. The first kappa shape index (κ1) is 45.6. The molecule has 1 atom stereocenters. The highest BCUT2D eigenvalue weighted by molar-refractivity contribution is 4.41. The van der Waals surface area contributed by atoms with Crippen LogP contribution in [0.4, 0.5) is 0 Å². The molecule has 4 N–H and O–H groups in total. The lowest BCUT2D eigenvalue weighted by Crippen LogP contribution is -2.10. The minimum absolute atomic E-state index is 0.0922. The van der Waals surface area contributed by atoms with Gasteiger partial charge in [0.05, 0.1) is 78.8 Å². The van der Waals surface area contributed by atoms with Crippen molar-refractivity contribution >= 4 is 0 Å². The SMILES string of the molecule is CCCCOCC(C)O.CCCCOCCO.CCCCOCCOCCO.CCCCOCCOCCO. The number of hydrogen-bond donors (Lipinski definition) is 4. The summed E-state index contributed by atoms with van der Waals surface area (Å²) in [6, 6.07) is 0. The van der Waals surface area contributed by atoms with Crippen molar-refractivity contribution in [1.82, 2.24) is 0 Å². The fourth-order valence-corrected chi connectivity index (χ4v) is 2.18. The highest BCUT2D eigenvalue weighted by Gasteiger charge is 1.93. The second kappa shape index (κ2) is 50.4. The Balaban J connectivity index is -0.000000211. The number of hydrogen-bond acceptors (Lipinski definition) is 10. The van der Waals surface area contributed by atoms with E-state index in [1.165, 1.54) is 0 Å². The molecule has 242 valence electrons. The Hall–Kier alpha value is -0.400. The van der Waals surface area contributed by atoms with Crippen LogP contribution in [0.15, 0.2) is 0 Å². The van der Waals surface area contributed by atoms with Crippen molar-refractivity contribution in [2.75, 3.05) is 99.1 Å². The van der Waals surface area contributed by atoms with Crippen molar-refractivity contribution in [2.24, 2.45) is 0 Å². The van der Waals surface area contributed by atoms with Crippen LogP contribution in [0.3, 0.4) is 0 Å². The third-order valence-corrected chi connectivity index (χ3v) is 4.38. The van der Waals surface area contributed by atoms with E-state index in [1.54, 1.807) is 6.92 Å². The number of rotatable bonds is 26. The van der Waals surface area contributed by atoms with Crippen molar-refractivity contribution in [3.8, 4) is 0 Å². The van der Waals surface area contributed by atoms with Gasteiger partial charge in [-0.15, -0.1) is 0 Å². The molecule has 0 rings (SSSR count). The van der Waals surface area contributed by atoms with Crippen LogP contribution in [-0.2, 0) is 28.4 Å². The van der Waals surface area contributed by atoms with Crippen LogP contribution in [0, 0.1) is 0 Å². The van der Waals surface area contributed by atoms with Gasteiger partial charge in [-0.05, 0) is 32.6 Å². The summed E-state index contributed by atoms with van der Waals surface area (Å²) in [7, 11) is 0. The van der Waals surface area contributed by atoms with Crippen LogP contribution in [0.5, 0.6) is 0 Å². The fraction of sp³-hybridized carbons (Fsp3) is 1.00. The first-order valence-electron chi connectivity index (χ1n) is 15.0. The molecule has 0 aromatic heterocycles. The summed E-state index contributed by atoms with van der Waals surface area (Å²) in [6.45, 7) is 18.0. The molecule has 0 saturated carbocycles. The smallest absolute Gasteiger partial charge is 0.0745 e. The van der Waals surface area contributed by atoms with E-state index in [2.05, 4.69) is 27.7 Å². The van der Waals surface area contributed by atoms with E-state index in [9.17, 15) is 0 Å². The summed E-state index contributed by atoms with van der Waals surface area (Å²) in [6.07, 6.45) is 8.73. The molecule has 0 radical (unpaired) electrons. The molecule has 10 heteroatoms. The predicted molar refractivity (Wildman–Crippen MR) is 157 cm³/mol. The van der Waals surface area contributed by atoms with Gasteiger partial charge in [-0.25, -0.2) is 0 Å². The lowest BCUT2D eigenvalue weighted by molar-refractivity contribution is 0.0324. The van der Waals surface area contributed by atoms with Gasteiger partial charge in [-0.1, -0.05) is 53.4 Å². The lowest BCUT2D eigenvalue weighted by Gasteiger charge is -2.03. The molecule has 0 aliphatic heterocycles. The minimum Gasteiger partial charge on any atom is -0.394 e. The van der Waals surface area contributed by atoms with E-state index in [0.717, 1.165) is 77.8 Å². The third kappa shape index (κ3) is 67.3. The molecule has 0 aliphatic rings. The summed E-state index contributed by atoms with van der Waals surface area (Å²) in [5, 5.41) is 33.6. The molecule has 1 unspecified atom stereocenters. The highest BCUT2D eigenvalue weighted by atomic mass is 16.5. The zero-order valence-corrected chi connectivity index (χ0v) is 26.1. The number of aliphatic hydroxyl groups is 4. The van der Waals surface area contributed by atoms with E-state index < -0.39 is 0 Å². The van der Waals surface area contributed by atoms with Crippen LogP contribution >= 0.6 is 0 Å². The number of ether oxygens (including phenoxy) is 6. The average Bonchev–Trinajstić information content (AvgIpc) is 2.94. The van der Waals surface area contributed by atoms with Crippen molar-refractivity contribution in [2.45, 2.75) is 92.1 Å². The van der Waals surface area contributed by atoms with Gasteiger partial charge in [0.1, 0.15) is 0 Å². The summed E-state index contributed by atoms with van der Waals surface area (Å²) in [4.78, 5) is 0. The summed E-state index contributed by atoms with van der Waals surface area (Å²) < 4.78 is 30.5. The highest BCUT2D eigenvalue weighted by Crippen LogP contribution is 1.90. The Kier molecular flexibility index (Phi) is 59.0. The number of unbranched alkanes of at least 4 members (excludes halogenated alkanes) is 4. The standard InChI is InChI=1S/2C8H18O3.C7H16O2.C6H14O2/c2*1-2-3-5-10-7-8-11-6-4-9;1-3-4-5-9-6-7(2)8;1-2-3-5-8-6-4-7/h2*9H,2-8H2,1H3;7-8H,3-6H2,1-2H3;7H,2-6H2,1H3. The van der Waals surface area contributed by atoms with E-state index >= 15 is 0 Å². The maximum Gasteiger partial charge on any atom is 0.0745 e. The molecule has 0 spiro atoms. The van der Waals surface area contributed by atoms with Gasteiger partial charge >= 0.3 is 0 Å². The average molecular weight is 575 g/mol. The molecule has 0 bridgehead atoms. The Morgan fingerprint density at radius 3 is 0.923 bits per heavy atom. The molecule has 0 saturated heterocycles. The Labute approximate surface area is 240 Å². The van der Waals surface area contributed by atoms with E-state index in [1.807, 2.05) is 0 Å². The zero-order chi connectivity index (χ0) is 30.1. The van der Waals surface area contributed by atoms with Crippen LogP contribution in [0.1, 0.15) is 86.0 Å². The van der Waals surface area contributed by atoms with Crippen molar-refractivity contribution < 1.29 is 48.8 Å². The largest absolute Gasteiger partial charge is 0.394 e. The molecule has 39 heavy (non-hydrogen) atoms. The maximum absolute atomic E-state index is 8.73. The second-order valence-electron chi connectivity index (χ2n) is 8.57. The Bertz CT molecular complexity index is 310. The Morgan fingerprint density at radius 2 is 0.667 bits per heavy atom. The van der Waals surface area contributed by atoms with Crippen molar-refractivity contribution in [3.63, 3.8) is 0 Å². The van der Waals surface area contributed by atoms with Gasteiger partial charge in [0, 0.05) is 26.4 Å². The zero-order valence-electron chi connectivity index (χ0n) is 26.1. The molecule has 0 fully saturated rings. The molecular weight excluding hydrogens is 508 g/mol. The molecule has 0 aromatic carbocycles. The van der Waals surface area contributed by atoms with Crippen LogP contribution in [0.2, 0.25) is 0 Å². The third-order valence-electron chi connectivity index (χ3n) is 4.38. The summed E-state index contributed by atoms with van der Waals surface area (Å²) >= 11 is 0. The van der Waals surface area contributed by atoms with Crippen LogP contribution in [-0.4, -0.2) is 126 Å². The lowest BCUT2D eigenvalue weighted by atomic mass is 10.4. The van der Waals surface area contributed by atoms with Gasteiger partial charge in [0.2, 0.25) is 0 Å². The monoisotopic (exact) mass is 574 g/mol. The Morgan fingerprint density at radius 1 is 0.410 bits per heavy atom. The first-order chi connectivity index (χ1) is 19.0. The van der Waals surface area contributed by atoms with Gasteiger partial charge in [-0.3, -0.25) is 0 Å². The summed E-state index contributed by atoms with van der Waals surface area (Å²) in [5.74, 6) is 0. The second-order valence-corrected chi connectivity index (χ2v) is 8.57. The van der Waals surface area contributed by atoms with Crippen LogP contribution in [0.25, 0.3) is 0 Å². The topological polar surface area (TPSA) is 136 Å². The van der Waals surface area contributed by atoms with E-state index in [-0.39, 0.29) is 25.9 Å². The first-order valence-corrected chi connectivity index (χ1v) is 15.0. The van der Waals surface area contributed by atoms with E-state index in [0.29, 0.717) is 52.9 Å². The van der Waals surface area contributed by atoms with Gasteiger partial charge in [0.25, 0.3) is 0 Å². The quantitative estimate of drug-likeness (QED) is 0.113. The fourth-order valence-electron chi connectivity index (χ4n) is 2.18. The normalized spacial score (nSPS) is 11.0.